The number of aliphatic hydroxyl groups excluding tert-OH is 1. The zero-order chi connectivity index (χ0) is 32.6. The summed E-state index contributed by atoms with van der Waals surface area (Å²) in [5.74, 6) is 0.0691. The minimum absolute atomic E-state index is 0.0463. The standard InChI is InChI=1S/C28H24FN3O5.C5H8O3/c1-35-24-15-21-22(16-25(24)36-2)30-14-11-23(21)37-20-9-7-19(8-10-20)32-27(34)28(12-13-28)26(33)31-18-5-3-17(29)4-6-18;1-4(6)2-3-5(7)8/h3-11,14-16H,12-13H2,1-2H3,(H,31,33)(H,32,34);6H,1-3H2,(H,7,8). The summed E-state index contributed by atoms with van der Waals surface area (Å²) in [7, 11) is 3.12. The second-order valence-electron chi connectivity index (χ2n) is 10.1. The predicted molar refractivity (Wildman–Crippen MR) is 165 cm³/mol. The van der Waals surface area contributed by atoms with Crippen molar-refractivity contribution in [2.45, 2.75) is 25.7 Å². The molecule has 0 saturated heterocycles. The molecule has 3 aromatic carbocycles. The highest BCUT2D eigenvalue weighted by Gasteiger charge is 2.56. The Labute approximate surface area is 258 Å². The number of hydrogen-bond donors (Lipinski definition) is 4. The van der Waals surface area contributed by atoms with Crippen molar-refractivity contribution in [1.29, 1.82) is 0 Å². The van der Waals surface area contributed by atoms with Crippen molar-refractivity contribution in [3.05, 3.63) is 91.1 Å². The van der Waals surface area contributed by atoms with Gasteiger partial charge in [0, 0.05) is 35.4 Å². The summed E-state index contributed by atoms with van der Waals surface area (Å²) in [4.78, 5) is 39.8. The lowest BCUT2D eigenvalue weighted by Gasteiger charge is -2.16. The summed E-state index contributed by atoms with van der Waals surface area (Å²) in [5.41, 5.74) is 0.517. The first kappa shape index (κ1) is 32.3. The van der Waals surface area contributed by atoms with Gasteiger partial charge in [-0.05, 0) is 73.5 Å². The van der Waals surface area contributed by atoms with E-state index in [0.717, 1.165) is 5.39 Å². The first-order valence-electron chi connectivity index (χ1n) is 13.8. The number of aliphatic hydroxyl groups is 1. The van der Waals surface area contributed by atoms with Gasteiger partial charge in [0.25, 0.3) is 0 Å². The van der Waals surface area contributed by atoms with Crippen molar-refractivity contribution in [2.24, 2.45) is 5.41 Å². The molecular weight excluding hydrogens is 585 g/mol. The molecule has 0 radical (unpaired) electrons. The van der Waals surface area contributed by atoms with Gasteiger partial charge in [0.1, 0.15) is 22.7 Å². The highest BCUT2D eigenvalue weighted by atomic mass is 19.1. The molecule has 2 amide bonds. The van der Waals surface area contributed by atoms with Gasteiger partial charge < -0.3 is 35.1 Å². The molecule has 0 aliphatic heterocycles. The zero-order valence-electron chi connectivity index (χ0n) is 24.6. The molecule has 1 aromatic heterocycles. The minimum atomic E-state index is -1.14. The van der Waals surface area contributed by atoms with E-state index in [1.54, 1.807) is 62.9 Å². The Balaban J connectivity index is 0.000000510. The van der Waals surface area contributed by atoms with Gasteiger partial charge in [-0.25, -0.2) is 4.39 Å². The maximum absolute atomic E-state index is 13.1. The van der Waals surface area contributed by atoms with Gasteiger partial charge in [0.2, 0.25) is 11.8 Å². The van der Waals surface area contributed by atoms with Gasteiger partial charge in [0.05, 0.1) is 31.9 Å². The fourth-order valence-corrected chi connectivity index (χ4v) is 4.24. The molecule has 45 heavy (non-hydrogen) atoms. The number of carbonyl (C=O) groups excluding carboxylic acids is 2. The number of anilines is 2. The molecule has 1 heterocycles. The van der Waals surface area contributed by atoms with Gasteiger partial charge in [-0.2, -0.15) is 0 Å². The first-order valence-corrected chi connectivity index (χ1v) is 13.8. The molecule has 0 bridgehead atoms. The molecule has 0 spiro atoms. The number of aliphatic carboxylic acids is 1. The van der Waals surface area contributed by atoms with E-state index >= 15 is 0 Å². The molecule has 1 aliphatic rings. The van der Waals surface area contributed by atoms with Crippen LogP contribution in [0.25, 0.3) is 10.9 Å². The van der Waals surface area contributed by atoms with Crippen LogP contribution in [0.5, 0.6) is 23.0 Å². The molecule has 234 valence electrons. The number of carboxylic acids is 1. The third-order valence-corrected chi connectivity index (χ3v) is 6.90. The molecule has 1 aliphatic carbocycles. The van der Waals surface area contributed by atoms with Crippen molar-refractivity contribution in [3.63, 3.8) is 0 Å². The number of methoxy groups -OCH3 is 2. The SMILES string of the molecule is C=C(O)CCC(=O)O.COc1cc2nccc(Oc3ccc(NC(=O)C4(C(=O)Nc5ccc(F)cc5)CC4)cc3)c2cc1OC. The number of pyridine rings is 1. The highest BCUT2D eigenvalue weighted by Crippen LogP contribution is 2.47. The average molecular weight is 618 g/mol. The number of benzene rings is 3. The number of amides is 2. The second kappa shape index (κ2) is 14.2. The van der Waals surface area contributed by atoms with Crippen LogP contribution >= 0.6 is 0 Å². The molecule has 0 atom stereocenters. The van der Waals surface area contributed by atoms with Crippen LogP contribution in [0.15, 0.2) is 85.3 Å². The number of carbonyl (C=O) groups is 3. The van der Waals surface area contributed by atoms with E-state index in [2.05, 4.69) is 22.2 Å². The normalized spacial score (nSPS) is 12.6. The molecule has 4 N–H and O–H groups in total. The van der Waals surface area contributed by atoms with Crippen LogP contribution in [0.3, 0.4) is 0 Å². The number of carboxylic acid groups (broad SMARTS) is 1. The van der Waals surface area contributed by atoms with E-state index in [4.69, 9.17) is 24.4 Å². The lowest BCUT2D eigenvalue weighted by molar-refractivity contribution is -0.137. The first-order chi connectivity index (χ1) is 21.5. The van der Waals surface area contributed by atoms with Crippen LogP contribution in [0.4, 0.5) is 15.8 Å². The molecule has 12 heteroatoms. The quantitative estimate of drug-likeness (QED) is 0.109. The second-order valence-corrected chi connectivity index (χ2v) is 10.1. The number of nitrogens with one attached hydrogen (secondary N) is 2. The van der Waals surface area contributed by atoms with Gasteiger partial charge in [-0.15, -0.1) is 0 Å². The third kappa shape index (κ3) is 8.25. The van der Waals surface area contributed by atoms with Crippen LogP contribution in [0.2, 0.25) is 0 Å². The fourth-order valence-electron chi connectivity index (χ4n) is 4.24. The van der Waals surface area contributed by atoms with E-state index in [9.17, 15) is 18.8 Å². The average Bonchev–Trinajstić information content (AvgIpc) is 3.84. The minimum Gasteiger partial charge on any atom is -0.513 e. The van der Waals surface area contributed by atoms with E-state index in [0.29, 0.717) is 52.7 Å². The van der Waals surface area contributed by atoms with E-state index in [-0.39, 0.29) is 24.5 Å². The molecule has 4 aromatic rings. The summed E-state index contributed by atoms with van der Waals surface area (Å²) < 4.78 is 29.9. The molecule has 0 unspecified atom stereocenters. The van der Waals surface area contributed by atoms with E-state index in [1.165, 1.54) is 24.3 Å². The molecule has 5 rings (SSSR count). The molecular formula is C33H32FN3O8. The topological polar surface area (TPSA) is 156 Å². The summed E-state index contributed by atoms with van der Waals surface area (Å²) >= 11 is 0. The van der Waals surface area contributed by atoms with Crippen LogP contribution in [-0.2, 0) is 14.4 Å². The number of hydrogen-bond acceptors (Lipinski definition) is 8. The Bertz CT molecular complexity index is 1690. The van der Waals surface area contributed by atoms with Crippen LogP contribution in [0, 0.1) is 11.2 Å². The number of aromatic nitrogens is 1. The molecule has 1 fully saturated rings. The van der Waals surface area contributed by atoms with E-state index in [1.807, 2.05) is 0 Å². The van der Waals surface area contributed by atoms with Gasteiger partial charge in [-0.1, -0.05) is 6.58 Å². The van der Waals surface area contributed by atoms with Gasteiger partial charge in [0.15, 0.2) is 11.5 Å². The Hall–Kier alpha value is -5.65. The maximum Gasteiger partial charge on any atom is 0.303 e. The number of nitrogens with zero attached hydrogens (tertiary/aromatic N) is 1. The molecule has 1 saturated carbocycles. The smallest absolute Gasteiger partial charge is 0.303 e. The number of halogens is 1. The summed E-state index contributed by atoms with van der Waals surface area (Å²) in [6.45, 7) is 3.12. The lowest BCUT2D eigenvalue weighted by atomic mass is 10.0. The van der Waals surface area contributed by atoms with Crippen molar-refractivity contribution >= 4 is 40.1 Å². The van der Waals surface area contributed by atoms with Crippen molar-refractivity contribution in [1.82, 2.24) is 4.98 Å². The number of rotatable bonds is 11. The Morgan fingerprint density at radius 3 is 1.89 bits per heavy atom. The number of fused-ring (bicyclic) bond motifs is 1. The Morgan fingerprint density at radius 1 is 0.844 bits per heavy atom. The number of ether oxygens (including phenoxy) is 3. The summed E-state index contributed by atoms with van der Waals surface area (Å²) in [5, 5.41) is 22.6. The van der Waals surface area contributed by atoms with Crippen molar-refractivity contribution < 1.29 is 43.2 Å². The van der Waals surface area contributed by atoms with Crippen LogP contribution in [-0.4, -0.2) is 47.2 Å². The lowest BCUT2D eigenvalue weighted by Crippen LogP contribution is -2.35. The fraction of sp³-hybridized carbons (Fsp3) is 0.212. The summed E-state index contributed by atoms with van der Waals surface area (Å²) in [6.07, 6.45) is 2.63. The maximum atomic E-state index is 13.1. The molecule has 11 nitrogen and oxygen atoms in total. The monoisotopic (exact) mass is 617 g/mol. The van der Waals surface area contributed by atoms with E-state index < -0.39 is 23.1 Å². The summed E-state index contributed by atoms with van der Waals surface area (Å²) in [6, 6.07) is 17.6. The van der Waals surface area contributed by atoms with Gasteiger partial charge >= 0.3 is 5.97 Å². The Kier molecular flexibility index (Phi) is 10.2. The highest BCUT2D eigenvalue weighted by molar-refractivity contribution is 6.16. The third-order valence-electron chi connectivity index (χ3n) is 6.90. The largest absolute Gasteiger partial charge is 0.513 e. The zero-order valence-corrected chi connectivity index (χ0v) is 24.6. The Morgan fingerprint density at radius 2 is 1.40 bits per heavy atom. The van der Waals surface area contributed by atoms with Crippen LogP contribution < -0.4 is 24.8 Å². The van der Waals surface area contributed by atoms with Crippen molar-refractivity contribution in [3.8, 4) is 23.0 Å². The van der Waals surface area contributed by atoms with Crippen molar-refractivity contribution in [2.75, 3.05) is 24.9 Å². The number of allylic oxidation sites excluding steroid dienone is 1. The van der Waals surface area contributed by atoms with Crippen LogP contribution in [0.1, 0.15) is 25.7 Å². The predicted octanol–water partition coefficient (Wildman–Crippen LogP) is 6.46. The van der Waals surface area contributed by atoms with Gasteiger partial charge in [-0.3, -0.25) is 19.4 Å².